The summed E-state index contributed by atoms with van der Waals surface area (Å²) < 4.78 is 7.23. The van der Waals surface area contributed by atoms with Crippen LogP contribution in [0.2, 0.25) is 0 Å². The Morgan fingerprint density at radius 2 is 1.81 bits per heavy atom. The van der Waals surface area contributed by atoms with Crippen LogP contribution in [-0.4, -0.2) is 37.2 Å². The summed E-state index contributed by atoms with van der Waals surface area (Å²) in [5, 5.41) is 13.8. The number of tetrazole rings is 1. The number of aromatic amines is 1. The molecule has 0 saturated carbocycles. The lowest BCUT2D eigenvalue weighted by Gasteiger charge is -2.32. The Morgan fingerprint density at radius 3 is 2.44 bits per heavy atom. The standard InChI is InChI=1S/C28H36N6O2/c1-8-24(26-30-31-32-34(26)28(4,5)6)33(16-20-9-11-23(36-7)12-10-20)17-22-15-21-14-18(2)13-19(3)25(21)29-27(22)35/h9-15,24H,8,16-17H2,1-7H3,(H,29,35). The van der Waals surface area contributed by atoms with Gasteiger partial charge in [0, 0.05) is 18.7 Å². The summed E-state index contributed by atoms with van der Waals surface area (Å²) in [6, 6.07) is 14.2. The molecule has 190 valence electrons. The van der Waals surface area contributed by atoms with Gasteiger partial charge in [-0.3, -0.25) is 9.69 Å². The van der Waals surface area contributed by atoms with Crippen molar-refractivity contribution in [2.75, 3.05) is 7.11 Å². The summed E-state index contributed by atoms with van der Waals surface area (Å²) >= 11 is 0. The Morgan fingerprint density at radius 1 is 1.08 bits per heavy atom. The molecule has 0 spiro atoms. The molecule has 2 heterocycles. The van der Waals surface area contributed by atoms with E-state index in [1.807, 2.05) is 29.8 Å². The zero-order valence-corrected chi connectivity index (χ0v) is 22.3. The van der Waals surface area contributed by atoms with E-state index in [2.05, 4.69) is 84.3 Å². The predicted molar refractivity (Wildman–Crippen MR) is 142 cm³/mol. The fourth-order valence-electron chi connectivity index (χ4n) is 4.79. The number of nitrogens with one attached hydrogen (secondary N) is 1. The average Bonchev–Trinajstić information content (AvgIpc) is 3.31. The number of rotatable bonds is 8. The molecule has 0 aliphatic heterocycles. The van der Waals surface area contributed by atoms with Gasteiger partial charge in [0.2, 0.25) is 0 Å². The lowest BCUT2D eigenvalue weighted by Crippen LogP contribution is -2.35. The second kappa shape index (κ2) is 10.2. The molecule has 0 aliphatic rings. The van der Waals surface area contributed by atoms with Gasteiger partial charge in [-0.2, -0.15) is 0 Å². The van der Waals surface area contributed by atoms with Gasteiger partial charge in [-0.15, -0.1) is 5.10 Å². The number of nitrogens with zero attached hydrogens (tertiary/aromatic N) is 5. The largest absolute Gasteiger partial charge is 0.497 e. The first-order chi connectivity index (χ1) is 17.1. The average molecular weight is 489 g/mol. The first-order valence-electron chi connectivity index (χ1n) is 12.4. The van der Waals surface area contributed by atoms with Crippen LogP contribution in [0, 0.1) is 13.8 Å². The van der Waals surface area contributed by atoms with E-state index in [1.165, 1.54) is 5.56 Å². The Balaban J connectivity index is 1.78. The summed E-state index contributed by atoms with van der Waals surface area (Å²) in [6.45, 7) is 13.6. The molecule has 1 unspecified atom stereocenters. The monoisotopic (exact) mass is 488 g/mol. The van der Waals surface area contributed by atoms with Gasteiger partial charge in [0.05, 0.1) is 24.2 Å². The second-order valence-electron chi connectivity index (χ2n) is 10.5. The Hall–Kier alpha value is -3.52. The fourth-order valence-corrected chi connectivity index (χ4v) is 4.79. The van der Waals surface area contributed by atoms with E-state index in [0.29, 0.717) is 18.7 Å². The minimum atomic E-state index is -0.270. The minimum absolute atomic E-state index is 0.0700. The molecular formula is C28H36N6O2. The Labute approximate surface area is 212 Å². The number of pyridine rings is 1. The second-order valence-corrected chi connectivity index (χ2v) is 10.5. The zero-order chi connectivity index (χ0) is 26.0. The van der Waals surface area contributed by atoms with Crippen molar-refractivity contribution in [1.29, 1.82) is 0 Å². The SMILES string of the molecule is CCC(c1nnnn1C(C)(C)C)N(Cc1ccc(OC)cc1)Cc1cc2cc(C)cc(C)c2[nH]c1=O. The lowest BCUT2D eigenvalue weighted by atomic mass is 10.0. The normalized spacial score (nSPS) is 12.9. The van der Waals surface area contributed by atoms with E-state index < -0.39 is 0 Å². The molecule has 0 amide bonds. The van der Waals surface area contributed by atoms with Crippen LogP contribution >= 0.6 is 0 Å². The fraction of sp³-hybridized carbons (Fsp3) is 0.429. The highest BCUT2D eigenvalue weighted by molar-refractivity contribution is 5.82. The molecule has 1 N–H and O–H groups in total. The van der Waals surface area contributed by atoms with E-state index in [9.17, 15) is 4.79 Å². The van der Waals surface area contributed by atoms with Crippen LogP contribution in [0.25, 0.3) is 10.9 Å². The maximum atomic E-state index is 13.2. The number of methoxy groups -OCH3 is 1. The highest BCUT2D eigenvalue weighted by Gasteiger charge is 2.29. The number of H-pyrrole nitrogens is 1. The maximum Gasteiger partial charge on any atom is 0.252 e. The highest BCUT2D eigenvalue weighted by Crippen LogP contribution is 2.29. The van der Waals surface area contributed by atoms with Crippen molar-refractivity contribution in [3.05, 3.63) is 80.9 Å². The smallest absolute Gasteiger partial charge is 0.252 e. The van der Waals surface area contributed by atoms with Gasteiger partial charge in [0.15, 0.2) is 5.82 Å². The molecule has 8 nitrogen and oxygen atoms in total. The minimum Gasteiger partial charge on any atom is -0.497 e. The first-order valence-corrected chi connectivity index (χ1v) is 12.4. The number of ether oxygens (including phenoxy) is 1. The molecule has 2 aromatic carbocycles. The number of aryl methyl sites for hydroxylation is 2. The molecule has 2 aromatic heterocycles. The van der Waals surface area contributed by atoms with Crippen LogP contribution in [0.3, 0.4) is 0 Å². The van der Waals surface area contributed by atoms with Crippen molar-refractivity contribution in [2.45, 2.75) is 72.6 Å². The number of hydrogen-bond donors (Lipinski definition) is 1. The van der Waals surface area contributed by atoms with Crippen molar-refractivity contribution < 1.29 is 4.74 Å². The summed E-state index contributed by atoms with van der Waals surface area (Å²) in [6.07, 6.45) is 0.788. The summed E-state index contributed by atoms with van der Waals surface area (Å²) in [5.41, 5.74) is 4.62. The molecule has 4 rings (SSSR count). The van der Waals surface area contributed by atoms with E-state index in [1.54, 1.807) is 7.11 Å². The Kier molecular flexibility index (Phi) is 7.26. The van der Waals surface area contributed by atoms with Gasteiger partial charge in [-0.1, -0.05) is 30.7 Å². The number of hydrogen-bond acceptors (Lipinski definition) is 6. The molecule has 8 heteroatoms. The molecule has 0 aliphatic carbocycles. The number of aromatic nitrogens is 5. The third-order valence-corrected chi connectivity index (χ3v) is 6.54. The quantitative estimate of drug-likeness (QED) is 0.373. The first kappa shape index (κ1) is 25.6. The van der Waals surface area contributed by atoms with Gasteiger partial charge in [-0.05, 0) is 92.2 Å². The van der Waals surface area contributed by atoms with Crippen molar-refractivity contribution in [3.63, 3.8) is 0 Å². The van der Waals surface area contributed by atoms with Crippen LogP contribution in [0.1, 0.15) is 68.2 Å². The van der Waals surface area contributed by atoms with Crippen LogP contribution in [0.5, 0.6) is 5.75 Å². The van der Waals surface area contributed by atoms with Crippen LogP contribution < -0.4 is 10.3 Å². The van der Waals surface area contributed by atoms with E-state index in [0.717, 1.165) is 40.0 Å². The highest BCUT2D eigenvalue weighted by atomic mass is 16.5. The van der Waals surface area contributed by atoms with Gasteiger partial charge in [-0.25, -0.2) is 4.68 Å². The molecule has 0 saturated heterocycles. The molecule has 1 atom stereocenters. The molecule has 0 radical (unpaired) electrons. The van der Waals surface area contributed by atoms with E-state index in [-0.39, 0.29) is 17.1 Å². The zero-order valence-electron chi connectivity index (χ0n) is 22.3. The Bertz CT molecular complexity index is 1400. The lowest BCUT2D eigenvalue weighted by molar-refractivity contribution is 0.153. The number of benzene rings is 2. The van der Waals surface area contributed by atoms with Crippen molar-refractivity contribution >= 4 is 10.9 Å². The van der Waals surface area contributed by atoms with Crippen molar-refractivity contribution in [2.24, 2.45) is 0 Å². The van der Waals surface area contributed by atoms with Crippen molar-refractivity contribution in [1.82, 2.24) is 30.1 Å². The maximum absolute atomic E-state index is 13.2. The molecule has 0 fully saturated rings. The third-order valence-electron chi connectivity index (χ3n) is 6.54. The van der Waals surface area contributed by atoms with Gasteiger partial charge >= 0.3 is 0 Å². The van der Waals surface area contributed by atoms with Crippen molar-refractivity contribution in [3.8, 4) is 5.75 Å². The summed E-state index contributed by atoms with van der Waals surface area (Å²) in [7, 11) is 1.66. The molecular weight excluding hydrogens is 452 g/mol. The molecule has 36 heavy (non-hydrogen) atoms. The number of fused-ring (bicyclic) bond motifs is 1. The third kappa shape index (κ3) is 5.33. The van der Waals surface area contributed by atoms with Gasteiger partial charge in [0.25, 0.3) is 5.56 Å². The van der Waals surface area contributed by atoms with Gasteiger partial charge < -0.3 is 9.72 Å². The molecule has 4 aromatic rings. The predicted octanol–water partition coefficient (Wildman–Crippen LogP) is 5.05. The van der Waals surface area contributed by atoms with Gasteiger partial charge in [0.1, 0.15) is 5.75 Å². The van der Waals surface area contributed by atoms with E-state index >= 15 is 0 Å². The topological polar surface area (TPSA) is 88.9 Å². The van der Waals surface area contributed by atoms with Crippen LogP contribution in [0.15, 0.2) is 47.3 Å². The van der Waals surface area contributed by atoms with Crippen LogP contribution in [-0.2, 0) is 18.6 Å². The van der Waals surface area contributed by atoms with E-state index in [4.69, 9.17) is 4.74 Å². The summed E-state index contributed by atoms with van der Waals surface area (Å²) in [5.74, 6) is 1.60. The summed E-state index contributed by atoms with van der Waals surface area (Å²) in [4.78, 5) is 18.6. The molecule has 0 bridgehead atoms. The van der Waals surface area contributed by atoms with Crippen LogP contribution in [0.4, 0.5) is 0 Å².